The molecule has 0 aromatic heterocycles. The van der Waals surface area contributed by atoms with Crippen molar-refractivity contribution in [2.45, 2.75) is 25.7 Å². The Bertz CT molecular complexity index is 3420. The number of rotatable bonds is 4. The maximum absolute atomic E-state index is 2.51. The van der Waals surface area contributed by atoms with E-state index in [9.17, 15) is 0 Å². The molecule has 0 spiro atoms. The first-order valence-electron chi connectivity index (χ1n) is 20.8. The van der Waals surface area contributed by atoms with Crippen LogP contribution in [0.15, 0.2) is 170 Å². The van der Waals surface area contributed by atoms with Gasteiger partial charge in [-0.2, -0.15) is 0 Å². The molecular formula is C58H38. The quantitative estimate of drug-likeness (QED) is 0.158. The van der Waals surface area contributed by atoms with Crippen LogP contribution in [-0.2, 0) is 12.8 Å². The van der Waals surface area contributed by atoms with Crippen molar-refractivity contribution in [3.05, 3.63) is 203 Å². The molecule has 0 aliphatic heterocycles. The van der Waals surface area contributed by atoms with E-state index in [0.29, 0.717) is 0 Å². The largest absolute Gasteiger partial charge is 0.0795 e. The number of fused-ring (bicyclic) bond motifs is 2. The molecular weight excluding hydrogens is 697 g/mol. The Kier molecular flexibility index (Phi) is 6.77. The fraction of sp³-hybridized carbons (Fsp3) is 0.0690. The summed E-state index contributed by atoms with van der Waals surface area (Å²) in [5, 5.41) is 10.7. The first-order valence-corrected chi connectivity index (χ1v) is 20.8. The van der Waals surface area contributed by atoms with Crippen LogP contribution in [0.3, 0.4) is 0 Å². The van der Waals surface area contributed by atoms with Crippen LogP contribution in [0.2, 0.25) is 0 Å². The van der Waals surface area contributed by atoms with E-state index in [4.69, 9.17) is 0 Å². The van der Waals surface area contributed by atoms with Crippen molar-refractivity contribution in [3.63, 3.8) is 0 Å². The molecule has 0 bridgehead atoms. The summed E-state index contributed by atoms with van der Waals surface area (Å²) in [6.07, 6.45) is 18.2. The van der Waals surface area contributed by atoms with Crippen LogP contribution in [0.1, 0.15) is 46.2 Å². The molecule has 0 heteroatoms. The Morgan fingerprint density at radius 2 is 0.810 bits per heavy atom. The summed E-state index contributed by atoms with van der Waals surface area (Å²) in [6, 6.07) is 55.5. The minimum Gasteiger partial charge on any atom is -0.0795 e. The molecule has 9 aromatic rings. The molecule has 0 saturated carbocycles. The van der Waals surface area contributed by atoms with E-state index >= 15 is 0 Å². The fourth-order valence-electron chi connectivity index (χ4n) is 11.0. The average Bonchev–Trinajstić information content (AvgIpc) is 3.29. The smallest absolute Gasteiger partial charge is 0.00199 e. The minimum absolute atomic E-state index is 0.983. The molecule has 0 nitrogen and oxygen atoms in total. The molecule has 270 valence electrons. The normalized spacial score (nSPS) is 14.7. The third-order valence-electron chi connectivity index (χ3n) is 13.5. The Hall–Kier alpha value is -7.02. The van der Waals surface area contributed by atoms with E-state index in [2.05, 4.69) is 182 Å². The maximum Gasteiger partial charge on any atom is -0.00199 e. The van der Waals surface area contributed by atoms with E-state index in [-0.39, 0.29) is 0 Å². The van der Waals surface area contributed by atoms with Gasteiger partial charge >= 0.3 is 0 Å². The molecule has 0 fully saturated rings. The van der Waals surface area contributed by atoms with E-state index in [1.807, 2.05) is 0 Å². The first kappa shape index (κ1) is 32.1. The van der Waals surface area contributed by atoms with Gasteiger partial charge in [0.05, 0.1) is 0 Å². The summed E-state index contributed by atoms with van der Waals surface area (Å²) in [5.74, 6) is 0. The first-order chi connectivity index (χ1) is 28.8. The van der Waals surface area contributed by atoms with Gasteiger partial charge in [0.1, 0.15) is 0 Å². The van der Waals surface area contributed by atoms with Crippen LogP contribution in [-0.4, -0.2) is 0 Å². The number of hydrogen-bond donors (Lipinski definition) is 0. The summed E-state index contributed by atoms with van der Waals surface area (Å²) >= 11 is 0. The highest BCUT2D eigenvalue weighted by molar-refractivity contribution is 6.27. The van der Waals surface area contributed by atoms with Gasteiger partial charge in [-0.15, -0.1) is 0 Å². The Balaban J connectivity index is 1.17. The van der Waals surface area contributed by atoms with Crippen molar-refractivity contribution in [2.75, 3.05) is 0 Å². The van der Waals surface area contributed by atoms with Crippen LogP contribution in [0.5, 0.6) is 0 Å². The van der Waals surface area contributed by atoms with Gasteiger partial charge in [0.2, 0.25) is 0 Å². The highest BCUT2D eigenvalue weighted by Gasteiger charge is 2.26. The average molecular weight is 735 g/mol. The zero-order valence-corrected chi connectivity index (χ0v) is 32.1. The molecule has 58 heavy (non-hydrogen) atoms. The molecule has 0 saturated heterocycles. The van der Waals surface area contributed by atoms with Crippen LogP contribution in [0, 0.1) is 0 Å². The molecule has 0 radical (unpaired) electrons. The van der Waals surface area contributed by atoms with E-state index < -0.39 is 0 Å². The summed E-state index contributed by atoms with van der Waals surface area (Å²) in [7, 11) is 0. The number of benzene rings is 9. The molecule has 0 N–H and O–H groups in total. The fourth-order valence-corrected chi connectivity index (χ4v) is 11.0. The lowest BCUT2D eigenvalue weighted by molar-refractivity contribution is 1.23. The lowest BCUT2D eigenvalue weighted by Crippen LogP contribution is -2.04. The standard InChI is InChI=1S/C58H38/c1-2-10-35(11-3-1)43-16-4-5-17-44(43)42-28-33-51-52(34-42)58(50-32-27-41-23-21-37-13-9-15-39-25-30-48(50)56(41)54(37)39)46-19-7-6-18-45(46)57(51)49-31-26-40-22-20-36-12-8-14-38-24-29-47(49)55(40)53(36)38/h1-11,14-21,24-34H,12-13,22-23H2. The van der Waals surface area contributed by atoms with Gasteiger partial charge < -0.3 is 0 Å². The summed E-state index contributed by atoms with van der Waals surface area (Å²) in [4.78, 5) is 0. The second-order valence-electron chi connectivity index (χ2n) is 16.5. The van der Waals surface area contributed by atoms with Crippen molar-refractivity contribution in [1.82, 2.24) is 0 Å². The van der Waals surface area contributed by atoms with E-state index in [1.165, 1.54) is 132 Å². The van der Waals surface area contributed by atoms with Crippen LogP contribution in [0.25, 0.3) is 111 Å². The lowest BCUT2D eigenvalue weighted by atomic mass is 9.77. The second kappa shape index (κ2) is 12.2. The number of hydrogen-bond acceptors (Lipinski definition) is 0. The number of allylic oxidation sites excluding steroid dienone is 6. The van der Waals surface area contributed by atoms with Crippen LogP contribution in [0.4, 0.5) is 0 Å². The zero-order chi connectivity index (χ0) is 37.9. The molecule has 0 unspecified atom stereocenters. The van der Waals surface area contributed by atoms with Crippen LogP contribution < -0.4 is 0 Å². The van der Waals surface area contributed by atoms with Gasteiger partial charge in [-0.25, -0.2) is 0 Å². The summed E-state index contributed by atoms with van der Waals surface area (Å²) in [6.45, 7) is 0. The third-order valence-corrected chi connectivity index (χ3v) is 13.5. The van der Waals surface area contributed by atoms with E-state index in [0.717, 1.165) is 25.7 Å². The molecule has 9 aromatic carbocycles. The van der Waals surface area contributed by atoms with Gasteiger partial charge in [-0.1, -0.05) is 176 Å². The van der Waals surface area contributed by atoms with Gasteiger partial charge in [0.25, 0.3) is 0 Å². The third kappa shape index (κ3) is 4.52. The minimum atomic E-state index is 0.983. The molecule has 4 aliphatic rings. The predicted octanol–water partition coefficient (Wildman–Crippen LogP) is 15.7. The molecule has 13 rings (SSSR count). The monoisotopic (exact) mass is 734 g/mol. The summed E-state index contributed by atoms with van der Waals surface area (Å²) < 4.78 is 0. The van der Waals surface area contributed by atoms with E-state index in [1.54, 1.807) is 0 Å². The Labute approximate surface area is 338 Å². The Morgan fingerprint density at radius 1 is 0.310 bits per heavy atom. The topological polar surface area (TPSA) is 0 Å². The van der Waals surface area contributed by atoms with Crippen molar-refractivity contribution in [2.24, 2.45) is 0 Å². The highest BCUT2D eigenvalue weighted by Crippen LogP contribution is 2.51. The zero-order valence-electron chi connectivity index (χ0n) is 32.1. The molecule has 4 aliphatic carbocycles. The van der Waals surface area contributed by atoms with Crippen molar-refractivity contribution < 1.29 is 0 Å². The van der Waals surface area contributed by atoms with Gasteiger partial charge in [-0.05, 0) is 164 Å². The predicted molar refractivity (Wildman–Crippen MR) is 249 cm³/mol. The van der Waals surface area contributed by atoms with Crippen LogP contribution >= 0.6 is 0 Å². The molecule has 0 amide bonds. The van der Waals surface area contributed by atoms with Gasteiger partial charge in [-0.3, -0.25) is 0 Å². The Morgan fingerprint density at radius 3 is 1.41 bits per heavy atom. The van der Waals surface area contributed by atoms with Crippen molar-refractivity contribution in [1.29, 1.82) is 0 Å². The highest BCUT2D eigenvalue weighted by atomic mass is 14.3. The lowest BCUT2D eigenvalue weighted by Gasteiger charge is -2.26. The SMILES string of the molecule is C1=Cc2ccc3c(-c4c5ccccc5c(-c5ccc6c7c8c(ccc57)C=CCC8=CC6)c5cc(-c6ccccc6-c6ccccc6)ccc45)ccc4c3c2C(=CC4)C1. The van der Waals surface area contributed by atoms with Crippen molar-refractivity contribution in [3.8, 4) is 44.5 Å². The molecule has 0 heterocycles. The van der Waals surface area contributed by atoms with Gasteiger partial charge in [0, 0.05) is 0 Å². The van der Waals surface area contributed by atoms with Gasteiger partial charge in [0.15, 0.2) is 0 Å². The summed E-state index contributed by atoms with van der Waals surface area (Å²) in [5.41, 5.74) is 21.6. The maximum atomic E-state index is 2.51. The molecule has 0 atom stereocenters. The van der Waals surface area contributed by atoms with Crippen molar-refractivity contribution >= 4 is 66.4 Å². The second-order valence-corrected chi connectivity index (χ2v) is 16.5.